The second kappa shape index (κ2) is 8.73. The molecular weight excluding hydrogens is 320 g/mol. The highest BCUT2D eigenvalue weighted by Gasteiger charge is 2.25. The number of carboxylic acids is 1. The van der Waals surface area contributed by atoms with E-state index in [2.05, 4.69) is 10.6 Å². The molecule has 2 atom stereocenters. The molecule has 0 saturated carbocycles. The predicted molar refractivity (Wildman–Crippen MR) is 96.0 cm³/mol. The zero-order chi connectivity index (χ0) is 18.2. The molecule has 0 bridgehead atoms. The molecule has 2 aromatic rings. The van der Waals surface area contributed by atoms with Gasteiger partial charge in [-0.1, -0.05) is 38.5 Å². The average molecular weight is 342 g/mol. The van der Waals surface area contributed by atoms with Gasteiger partial charge in [-0.05, 0) is 42.3 Å². The van der Waals surface area contributed by atoms with Crippen LogP contribution in [0.15, 0.2) is 54.6 Å². The number of ether oxygens (including phenoxy) is 1. The van der Waals surface area contributed by atoms with Crippen LogP contribution in [0.1, 0.15) is 20.3 Å². The van der Waals surface area contributed by atoms with Crippen LogP contribution in [0.3, 0.4) is 0 Å². The second-order valence-electron chi connectivity index (χ2n) is 5.74. The summed E-state index contributed by atoms with van der Waals surface area (Å²) in [6, 6.07) is 14.7. The fourth-order valence-electron chi connectivity index (χ4n) is 2.22. The van der Waals surface area contributed by atoms with Crippen molar-refractivity contribution < 1.29 is 19.4 Å². The van der Waals surface area contributed by atoms with E-state index in [1.807, 2.05) is 37.3 Å². The molecule has 3 N–H and O–H groups in total. The number of anilines is 1. The standard InChI is InChI=1S/C19H22N2O4/c1-3-13(2)17(18(22)23)21-19(24)20-14-9-11-16(12-10-14)25-15-7-5-4-6-8-15/h4-13,17H,3H2,1-2H3,(H,22,23)(H2,20,21,24)/t13-,17+/m1/s1. The molecule has 0 aliphatic carbocycles. The SMILES string of the molecule is CC[C@@H](C)[C@H](NC(=O)Nc1ccc(Oc2ccccc2)cc1)C(=O)O. The third kappa shape index (κ3) is 5.53. The Hall–Kier alpha value is -3.02. The molecule has 0 aromatic heterocycles. The van der Waals surface area contributed by atoms with Crippen LogP contribution in [0.2, 0.25) is 0 Å². The van der Waals surface area contributed by atoms with E-state index >= 15 is 0 Å². The van der Waals surface area contributed by atoms with Gasteiger partial charge in [-0.25, -0.2) is 9.59 Å². The van der Waals surface area contributed by atoms with Gasteiger partial charge in [0.05, 0.1) is 0 Å². The molecule has 0 aliphatic heterocycles. The zero-order valence-corrected chi connectivity index (χ0v) is 14.2. The summed E-state index contributed by atoms with van der Waals surface area (Å²) in [5.74, 6) is 0.153. The Morgan fingerprint density at radius 1 is 1.04 bits per heavy atom. The summed E-state index contributed by atoms with van der Waals surface area (Å²) in [4.78, 5) is 23.3. The van der Waals surface area contributed by atoms with Gasteiger partial charge in [-0.15, -0.1) is 0 Å². The van der Waals surface area contributed by atoms with Crippen molar-refractivity contribution in [3.63, 3.8) is 0 Å². The number of rotatable bonds is 7. The molecule has 132 valence electrons. The highest BCUT2D eigenvalue weighted by molar-refractivity contribution is 5.92. The van der Waals surface area contributed by atoms with E-state index in [9.17, 15) is 14.7 Å². The minimum atomic E-state index is -1.05. The average Bonchev–Trinajstić information content (AvgIpc) is 2.61. The smallest absolute Gasteiger partial charge is 0.326 e. The molecule has 0 unspecified atom stereocenters. The van der Waals surface area contributed by atoms with Crippen LogP contribution in [-0.2, 0) is 4.79 Å². The Balaban J connectivity index is 1.94. The Labute approximate surface area is 146 Å². The topological polar surface area (TPSA) is 87.7 Å². The van der Waals surface area contributed by atoms with E-state index < -0.39 is 18.0 Å². The number of para-hydroxylation sites is 1. The van der Waals surface area contributed by atoms with Gasteiger partial charge < -0.3 is 20.5 Å². The van der Waals surface area contributed by atoms with Gasteiger partial charge in [0.1, 0.15) is 17.5 Å². The summed E-state index contributed by atoms with van der Waals surface area (Å²) >= 11 is 0. The van der Waals surface area contributed by atoms with Gasteiger partial charge >= 0.3 is 12.0 Å². The molecule has 2 rings (SSSR count). The number of nitrogens with one attached hydrogen (secondary N) is 2. The van der Waals surface area contributed by atoms with Crippen LogP contribution in [-0.4, -0.2) is 23.1 Å². The molecule has 6 nitrogen and oxygen atoms in total. The van der Waals surface area contributed by atoms with Crippen molar-refractivity contribution in [2.24, 2.45) is 5.92 Å². The minimum absolute atomic E-state index is 0.162. The van der Waals surface area contributed by atoms with Crippen molar-refractivity contribution in [2.75, 3.05) is 5.32 Å². The summed E-state index contributed by atoms with van der Waals surface area (Å²) in [6.45, 7) is 3.67. The Morgan fingerprint density at radius 2 is 1.64 bits per heavy atom. The molecular formula is C19H22N2O4. The number of hydrogen-bond acceptors (Lipinski definition) is 3. The van der Waals surface area contributed by atoms with E-state index in [4.69, 9.17) is 4.74 Å². The first kappa shape index (κ1) is 18.3. The van der Waals surface area contributed by atoms with Crippen molar-refractivity contribution in [3.8, 4) is 11.5 Å². The molecule has 25 heavy (non-hydrogen) atoms. The third-order valence-corrected chi connectivity index (χ3v) is 3.86. The number of urea groups is 1. The first-order valence-corrected chi connectivity index (χ1v) is 8.13. The van der Waals surface area contributed by atoms with Crippen molar-refractivity contribution >= 4 is 17.7 Å². The maximum absolute atomic E-state index is 12.0. The van der Waals surface area contributed by atoms with Crippen molar-refractivity contribution in [3.05, 3.63) is 54.6 Å². The summed E-state index contributed by atoms with van der Waals surface area (Å²) in [5.41, 5.74) is 0.547. The number of carbonyl (C=O) groups is 2. The molecule has 0 spiro atoms. The largest absolute Gasteiger partial charge is 0.480 e. The molecule has 0 heterocycles. The van der Waals surface area contributed by atoms with Crippen molar-refractivity contribution in [2.45, 2.75) is 26.3 Å². The summed E-state index contributed by atoms with van der Waals surface area (Å²) in [7, 11) is 0. The lowest BCUT2D eigenvalue weighted by Crippen LogP contribution is -2.46. The molecule has 0 aliphatic rings. The molecule has 0 radical (unpaired) electrons. The normalized spacial score (nSPS) is 12.7. The van der Waals surface area contributed by atoms with Gasteiger partial charge in [0.2, 0.25) is 0 Å². The van der Waals surface area contributed by atoms with Crippen LogP contribution in [0, 0.1) is 5.92 Å². The molecule has 2 aromatic carbocycles. The van der Waals surface area contributed by atoms with Crippen LogP contribution in [0.4, 0.5) is 10.5 Å². The fraction of sp³-hybridized carbons (Fsp3) is 0.263. The van der Waals surface area contributed by atoms with Gasteiger partial charge in [-0.2, -0.15) is 0 Å². The van der Waals surface area contributed by atoms with Crippen LogP contribution in [0.5, 0.6) is 11.5 Å². The maximum atomic E-state index is 12.0. The Kier molecular flexibility index (Phi) is 6.39. The number of hydrogen-bond donors (Lipinski definition) is 3. The molecule has 0 saturated heterocycles. The van der Waals surface area contributed by atoms with E-state index in [0.29, 0.717) is 17.9 Å². The van der Waals surface area contributed by atoms with Gasteiger partial charge in [-0.3, -0.25) is 0 Å². The third-order valence-electron chi connectivity index (χ3n) is 3.86. The molecule has 6 heteroatoms. The quantitative estimate of drug-likeness (QED) is 0.707. The van der Waals surface area contributed by atoms with Crippen LogP contribution >= 0.6 is 0 Å². The number of benzene rings is 2. The summed E-state index contributed by atoms with van der Waals surface area (Å²) in [5, 5.41) is 14.3. The number of carbonyl (C=O) groups excluding carboxylic acids is 1. The minimum Gasteiger partial charge on any atom is -0.480 e. The van der Waals surface area contributed by atoms with E-state index in [0.717, 1.165) is 5.75 Å². The maximum Gasteiger partial charge on any atom is 0.326 e. The second-order valence-corrected chi connectivity index (χ2v) is 5.74. The van der Waals surface area contributed by atoms with Crippen molar-refractivity contribution in [1.82, 2.24) is 5.32 Å². The van der Waals surface area contributed by atoms with Crippen molar-refractivity contribution in [1.29, 1.82) is 0 Å². The van der Waals surface area contributed by atoms with Crippen LogP contribution < -0.4 is 15.4 Å². The van der Waals surface area contributed by atoms with E-state index in [1.165, 1.54) is 0 Å². The summed E-state index contributed by atoms with van der Waals surface area (Å²) in [6.07, 6.45) is 0.656. The van der Waals surface area contributed by atoms with E-state index in [1.54, 1.807) is 31.2 Å². The molecule has 0 fully saturated rings. The lowest BCUT2D eigenvalue weighted by atomic mass is 9.99. The molecule has 2 amide bonds. The lowest BCUT2D eigenvalue weighted by molar-refractivity contribution is -0.140. The fourth-order valence-corrected chi connectivity index (χ4v) is 2.22. The Bertz CT molecular complexity index is 701. The highest BCUT2D eigenvalue weighted by atomic mass is 16.5. The van der Waals surface area contributed by atoms with Gasteiger partial charge in [0.25, 0.3) is 0 Å². The Morgan fingerprint density at radius 3 is 2.20 bits per heavy atom. The number of carboxylic acid groups (broad SMARTS) is 1. The number of aliphatic carboxylic acids is 1. The highest BCUT2D eigenvalue weighted by Crippen LogP contribution is 2.22. The zero-order valence-electron chi connectivity index (χ0n) is 14.2. The van der Waals surface area contributed by atoms with Gasteiger partial charge in [0, 0.05) is 5.69 Å². The van der Waals surface area contributed by atoms with Gasteiger partial charge in [0.15, 0.2) is 0 Å². The lowest BCUT2D eigenvalue weighted by Gasteiger charge is -2.20. The number of amides is 2. The first-order valence-electron chi connectivity index (χ1n) is 8.13. The summed E-state index contributed by atoms with van der Waals surface area (Å²) < 4.78 is 5.67. The monoisotopic (exact) mass is 342 g/mol. The van der Waals surface area contributed by atoms with E-state index in [-0.39, 0.29) is 5.92 Å². The van der Waals surface area contributed by atoms with Crippen LogP contribution in [0.25, 0.3) is 0 Å². The first-order chi connectivity index (χ1) is 12.0. The predicted octanol–water partition coefficient (Wildman–Crippen LogP) is 4.10.